The van der Waals surface area contributed by atoms with Crippen LogP contribution in [0.15, 0.2) is 30.3 Å². The Kier molecular flexibility index (Phi) is 4.20. The minimum atomic E-state index is -1.06. The van der Waals surface area contributed by atoms with Gasteiger partial charge in [0.2, 0.25) is 0 Å². The zero-order valence-corrected chi connectivity index (χ0v) is 8.73. The van der Waals surface area contributed by atoms with E-state index in [4.69, 9.17) is 0 Å². The molecule has 0 unspecified atom stereocenters. The molecule has 0 bridgehead atoms. The van der Waals surface area contributed by atoms with Gasteiger partial charge in [-0.15, -0.1) is 0 Å². The first-order valence-corrected chi connectivity index (χ1v) is 4.72. The number of hydrogen-bond acceptors (Lipinski definition) is 4. The number of nitrogens with one attached hydrogen (secondary N) is 1. The number of carbonyl (C=O) groups is 3. The molecule has 0 saturated carbocycles. The van der Waals surface area contributed by atoms with E-state index >= 15 is 0 Å². The summed E-state index contributed by atoms with van der Waals surface area (Å²) in [6.07, 6.45) is 0. The van der Waals surface area contributed by atoms with Crippen molar-refractivity contribution in [2.24, 2.45) is 0 Å². The monoisotopic (exact) mass is 221 g/mol. The molecule has 1 aromatic rings. The van der Waals surface area contributed by atoms with Crippen LogP contribution in [0.3, 0.4) is 0 Å². The van der Waals surface area contributed by atoms with Crippen molar-refractivity contribution in [1.82, 2.24) is 5.32 Å². The van der Waals surface area contributed by atoms with Gasteiger partial charge in [0.05, 0.1) is 6.61 Å². The van der Waals surface area contributed by atoms with Gasteiger partial charge in [-0.1, -0.05) is 18.2 Å². The molecular weight excluding hydrogens is 210 g/mol. The number of rotatable bonds is 2. The van der Waals surface area contributed by atoms with Crippen molar-refractivity contribution in [3.63, 3.8) is 0 Å². The summed E-state index contributed by atoms with van der Waals surface area (Å²) in [6, 6.07) is 8.12. The Bertz CT molecular complexity index is 400. The van der Waals surface area contributed by atoms with Crippen molar-refractivity contribution < 1.29 is 19.1 Å². The number of hydrogen-bond donors (Lipinski definition) is 1. The molecule has 1 rings (SSSR count). The first-order valence-electron chi connectivity index (χ1n) is 4.72. The molecule has 0 aliphatic heterocycles. The largest absolute Gasteiger partial charge is 0.459 e. The minimum Gasteiger partial charge on any atom is -0.459 e. The SMILES string of the molecule is CCOC(=O)C(=O)NC(=O)c1ccccc1. The standard InChI is InChI=1S/C11H11NO4/c1-2-16-11(15)10(14)12-9(13)8-6-4-3-5-7-8/h3-7H,2H2,1H3,(H,12,13,14). The van der Waals surface area contributed by atoms with E-state index in [0.29, 0.717) is 5.56 Å². The first-order chi connectivity index (χ1) is 7.65. The smallest absolute Gasteiger partial charge is 0.397 e. The molecule has 0 radical (unpaired) electrons. The Morgan fingerprint density at radius 1 is 1.19 bits per heavy atom. The Hall–Kier alpha value is -2.17. The molecule has 0 aliphatic carbocycles. The van der Waals surface area contributed by atoms with Gasteiger partial charge in [0.15, 0.2) is 0 Å². The van der Waals surface area contributed by atoms with E-state index < -0.39 is 17.8 Å². The van der Waals surface area contributed by atoms with Gasteiger partial charge in [0.1, 0.15) is 0 Å². The molecule has 16 heavy (non-hydrogen) atoms. The van der Waals surface area contributed by atoms with Crippen LogP contribution in [0.5, 0.6) is 0 Å². The highest BCUT2D eigenvalue weighted by Crippen LogP contribution is 1.97. The molecule has 5 heteroatoms. The lowest BCUT2D eigenvalue weighted by molar-refractivity contribution is -0.154. The number of amides is 2. The van der Waals surface area contributed by atoms with Crippen LogP contribution < -0.4 is 5.32 Å². The van der Waals surface area contributed by atoms with Crippen molar-refractivity contribution in [3.8, 4) is 0 Å². The van der Waals surface area contributed by atoms with Gasteiger partial charge in [-0.25, -0.2) is 4.79 Å². The van der Waals surface area contributed by atoms with Crippen molar-refractivity contribution >= 4 is 17.8 Å². The van der Waals surface area contributed by atoms with Gasteiger partial charge in [-0.3, -0.25) is 14.9 Å². The van der Waals surface area contributed by atoms with Crippen LogP contribution in [-0.4, -0.2) is 24.4 Å². The molecular formula is C11H11NO4. The van der Waals surface area contributed by atoms with Crippen LogP contribution >= 0.6 is 0 Å². The lowest BCUT2D eigenvalue weighted by atomic mass is 10.2. The Balaban J connectivity index is 2.59. The van der Waals surface area contributed by atoms with Crippen LogP contribution in [-0.2, 0) is 14.3 Å². The Labute approximate surface area is 92.4 Å². The van der Waals surface area contributed by atoms with Gasteiger partial charge in [-0.2, -0.15) is 0 Å². The number of imide groups is 1. The van der Waals surface area contributed by atoms with Crippen LogP contribution in [0.25, 0.3) is 0 Å². The summed E-state index contributed by atoms with van der Waals surface area (Å²) < 4.78 is 4.44. The maximum absolute atomic E-state index is 11.4. The maximum Gasteiger partial charge on any atom is 0.397 e. The molecule has 5 nitrogen and oxygen atoms in total. The summed E-state index contributed by atoms with van der Waals surface area (Å²) in [7, 11) is 0. The lowest BCUT2D eigenvalue weighted by Crippen LogP contribution is -2.37. The second-order valence-corrected chi connectivity index (χ2v) is 2.87. The summed E-state index contributed by atoms with van der Waals surface area (Å²) in [6.45, 7) is 1.66. The van der Waals surface area contributed by atoms with Crippen LogP contribution in [0.2, 0.25) is 0 Å². The second kappa shape index (κ2) is 5.65. The van der Waals surface area contributed by atoms with E-state index in [9.17, 15) is 14.4 Å². The fraction of sp³-hybridized carbons (Fsp3) is 0.182. The average molecular weight is 221 g/mol. The van der Waals surface area contributed by atoms with Gasteiger partial charge < -0.3 is 4.74 Å². The molecule has 0 atom stereocenters. The molecule has 0 heterocycles. The van der Waals surface area contributed by atoms with E-state index in [2.05, 4.69) is 4.74 Å². The molecule has 0 fully saturated rings. The van der Waals surface area contributed by atoms with Crippen molar-refractivity contribution in [2.75, 3.05) is 6.61 Å². The highest BCUT2D eigenvalue weighted by atomic mass is 16.5. The van der Waals surface area contributed by atoms with Crippen molar-refractivity contribution in [3.05, 3.63) is 35.9 Å². The van der Waals surface area contributed by atoms with Crippen LogP contribution in [0.1, 0.15) is 17.3 Å². The fourth-order valence-electron chi connectivity index (χ4n) is 1.01. The van der Waals surface area contributed by atoms with Crippen molar-refractivity contribution in [1.29, 1.82) is 0 Å². The molecule has 1 N–H and O–H groups in total. The molecule has 0 spiro atoms. The van der Waals surface area contributed by atoms with Crippen LogP contribution in [0.4, 0.5) is 0 Å². The molecule has 2 amide bonds. The second-order valence-electron chi connectivity index (χ2n) is 2.87. The molecule has 1 aromatic carbocycles. The van der Waals surface area contributed by atoms with Crippen LogP contribution in [0, 0.1) is 0 Å². The predicted octanol–water partition coefficient (Wildman–Crippen LogP) is 0.506. The average Bonchev–Trinajstić information content (AvgIpc) is 2.30. The summed E-state index contributed by atoms with van der Waals surface area (Å²) >= 11 is 0. The summed E-state index contributed by atoms with van der Waals surface area (Å²) in [5.74, 6) is -2.75. The van der Waals surface area contributed by atoms with E-state index in [1.54, 1.807) is 25.1 Å². The normalized spacial score (nSPS) is 9.31. The Morgan fingerprint density at radius 2 is 1.81 bits per heavy atom. The maximum atomic E-state index is 11.4. The quantitative estimate of drug-likeness (QED) is 0.583. The third-order valence-corrected chi connectivity index (χ3v) is 1.72. The van der Waals surface area contributed by atoms with E-state index in [1.807, 2.05) is 5.32 Å². The molecule has 0 saturated heterocycles. The lowest BCUT2D eigenvalue weighted by Gasteiger charge is -2.03. The van der Waals surface area contributed by atoms with Gasteiger partial charge in [0.25, 0.3) is 5.91 Å². The third kappa shape index (κ3) is 3.20. The van der Waals surface area contributed by atoms with E-state index in [-0.39, 0.29) is 6.61 Å². The zero-order valence-electron chi connectivity index (χ0n) is 8.73. The summed E-state index contributed by atoms with van der Waals surface area (Å²) in [4.78, 5) is 33.5. The zero-order chi connectivity index (χ0) is 12.0. The van der Waals surface area contributed by atoms with Crippen molar-refractivity contribution in [2.45, 2.75) is 6.92 Å². The molecule has 0 aliphatic rings. The summed E-state index contributed by atoms with van der Waals surface area (Å²) in [5.41, 5.74) is 0.306. The topological polar surface area (TPSA) is 72.5 Å². The molecule has 0 aromatic heterocycles. The number of benzene rings is 1. The minimum absolute atomic E-state index is 0.0891. The number of esters is 1. The van der Waals surface area contributed by atoms with Gasteiger partial charge in [-0.05, 0) is 19.1 Å². The number of carbonyl (C=O) groups excluding carboxylic acids is 3. The van der Waals surface area contributed by atoms with E-state index in [1.165, 1.54) is 12.1 Å². The molecule has 84 valence electrons. The predicted molar refractivity (Wildman–Crippen MR) is 55.5 cm³/mol. The van der Waals surface area contributed by atoms with Gasteiger partial charge in [0, 0.05) is 5.56 Å². The summed E-state index contributed by atoms with van der Waals surface area (Å²) in [5, 5.41) is 1.93. The highest BCUT2D eigenvalue weighted by molar-refractivity contribution is 6.36. The van der Waals surface area contributed by atoms with Gasteiger partial charge >= 0.3 is 11.9 Å². The Morgan fingerprint density at radius 3 is 2.38 bits per heavy atom. The fourth-order valence-corrected chi connectivity index (χ4v) is 1.01. The number of ether oxygens (including phenoxy) is 1. The van der Waals surface area contributed by atoms with E-state index in [0.717, 1.165) is 0 Å². The highest BCUT2D eigenvalue weighted by Gasteiger charge is 2.18. The third-order valence-electron chi connectivity index (χ3n) is 1.72. The first kappa shape index (κ1) is 11.9.